The molecule has 1 aliphatic rings. The second-order valence-corrected chi connectivity index (χ2v) is 3.28. The third-order valence-corrected chi connectivity index (χ3v) is 2.00. The smallest absolute Gasteiger partial charge is 0.291 e. The summed E-state index contributed by atoms with van der Waals surface area (Å²) in [6.45, 7) is 0. The fourth-order valence-corrected chi connectivity index (χ4v) is 1.12. The Labute approximate surface area is 88.0 Å². The van der Waals surface area contributed by atoms with E-state index < -0.39 is 21.2 Å². The molecule has 2 rings (SSSR count). The maximum absolute atomic E-state index is 10.3. The molecule has 0 atom stereocenters. The fourth-order valence-electron chi connectivity index (χ4n) is 0.774. The minimum absolute atomic E-state index is 0.463. The van der Waals surface area contributed by atoms with Crippen LogP contribution in [0.1, 0.15) is 0 Å². The first-order valence-corrected chi connectivity index (χ1v) is 5.09. The quantitative estimate of drug-likeness (QED) is 0.622. The zero-order chi connectivity index (χ0) is 11.1. The Kier molecular flexibility index (Phi) is 4.24. The van der Waals surface area contributed by atoms with Crippen LogP contribution in [-0.4, -0.2) is 25.7 Å². The van der Waals surface area contributed by atoms with Gasteiger partial charge in [0.2, 0.25) is 15.3 Å². The Hall–Kier alpha value is -1.95. The van der Waals surface area contributed by atoms with E-state index in [9.17, 15) is 13.2 Å². The van der Waals surface area contributed by atoms with Crippen LogP contribution < -0.4 is 5.32 Å². The molecule has 5 nitrogen and oxygen atoms in total. The van der Waals surface area contributed by atoms with Gasteiger partial charge in [-0.05, 0) is 0 Å². The maximum atomic E-state index is 10.3. The number of nitrogens with one attached hydrogen (secondary N) is 1. The summed E-state index contributed by atoms with van der Waals surface area (Å²) in [6, 6.07) is 12.0. The predicted octanol–water partition coefficient (Wildman–Crippen LogP) is -0.160. The first-order valence-electron chi connectivity index (χ1n) is 4.01. The average molecular weight is 224 g/mol. The molecule has 1 aliphatic heterocycles. The SMILES string of the molecule is O=C1NC=NC1=S(=O)=O.c1ccccc1. The van der Waals surface area contributed by atoms with E-state index in [4.69, 9.17) is 0 Å². The molecular weight excluding hydrogens is 216 g/mol. The molecule has 1 N–H and O–H groups in total. The van der Waals surface area contributed by atoms with Gasteiger partial charge in [0.1, 0.15) is 0 Å². The number of aliphatic imine (C=N–C) groups is 1. The van der Waals surface area contributed by atoms with Crippen molar-refractivity contribution in [2.24, 2.45) is 4.99 Å². The van der Waals surface area contributed by atoms with Crippen LogP contribution in [-0.2, 0) is 15.1 Å². The van der Waals surface area contributed by atoms with Crippen molar-refractivity contribution in [3.63, 3.8) is 0 Å². The monoisotopic (exact) mass is 224 g/mol. The number of hydrogen-bond acceptors (Lipinski definition) is 3. The molecular formula is C9H8N2O3S. The number of rotatable bonds is 0. The van der Waals surface area contributed by atoms with Crippen LogP contribution in [0.25, 0.3) is 0 Å². The van der Waals surface area contributed by atoms with Gasteiger partial charge in [0.15, 0.2) is 0 Å². The zero-order valence-corrected chi connectivity index (χ0v) is 8.44. The molecule has 1 heterocycles. The van der Waals surface area contributed by atoms with Crippen LogP contribution in [0.15, 0.2) is 41.4 Å². The van der Waals surface area contributed by atoms with E-state index in [1.54, 1.807) is 0 Å². The van der Waals surface area contributed by atoms with Gasteiger partial charge < -0.3 is 5.32 Å². The molecule has 1 aromatic rings. The Bertz CT molecular complexity index is 457. The Balaban J connectivity index is 0.000000162. The molecule has 0 saturated heterocycles. The van der Waals surface area contributed by atoms with Crippen LogP contribution in [0.2, 0.25) is 0 Å². The number of carbonyl (C=O) groups excluding carboxylic acids is 1. The van der Waals surface area contributed by atoms with E-state index in [0.29, 0.717) is 0 Å². The Morgan fingerprint density at radius 3 is 1.67 bits per heavy atom. The zero-order valence-electron chi connectivity index (χ0n) is 7.62. The second kappa shape index (κ2) is 5.71. The van der Waals surface area contributed by atoms with E-state index in [0.717, 1.165) is 6.34 Å². The summed E-state index contributed by atoms with van der Waals surface area (Å²) >= 11 is 0. The van der Waals surface area contributed by atoms with Crippen molar-refractivity contribution in [2.75, 3.05) is 0 Å². The fraction of sp³-hybridized carbons (Fsp3) is 0. The average Bonchev–Trinajstić information content (AvgIpc) is 2.68. The highest BCUT2D eigenvalue weighted by Gasteiger charge is 2.14. The first-order chi connectivity index (χ1) is 7.22. The molecule has 1 amide bonds. The van der Waals surface area contributed by atoms with E-state index in [1.165, 1.54) is 0 Å². The maximum Gasteiger partial charge on any atom is 0.291 e. The molecule has 15 heavy (non-hydrogen) atoms. The molecule has 0 bridgehead atoms. The predicted molar refractivity (Wildman–Crippen MR) is 57.0 cm³/mol. The van der Waals surface area contributed by atoms with Gasteiger partial charge in [-0.15, -0.1) is 0 Å². The van der Waals surface area contributed by atoms with Crippen molar-refractivity contribution in [3.05, 3.63) is 36.4 Å². The topological polar surface area (TPSA) is 75.6 Å². The molecule has 0 aromatic heterocycles. The van der Waals surface area contributed by atoms with Gasteiger partial charge in [-0.3, -0.25) is 4.79 Å². The van der Waals surface area contributed by atoms with Gasteiger partial charge in [0.05, 0.1) is 6.34 Å². The Morgan fingerprint density at radius 1 is 1.00 bits per heavy atom. The van der Waals surface area contributed by atoms with Crippen LogP contribution >= 0.6 is 0 Å². The lowest BCUT2D eigenvalue weighted by atomic mass is 10.4. The van der Waals surface area contributed by atoms with Crippen LogP contribution in [0.5, 0.6) is 0 Å². The molecule has 6 heteroatoms. The van der Waals surface area contributed by atoms with Crippen molar-refractivity contribution in [3.8, 4) is 0 Å². The highest BCUT2D eigenvalue weighted by atomic mass is 32.2. The molecule has 78 valence electrons. The summed E-state index contributed by atoms with van der Waals surface area (Å²) in [4.78, 5) is 13.1. The highest BCUT2D eigenvalue weighted by Crippen LogP contribution is 1.81. The molecule has 0 unspecified atom stereocenters. The lowest BCUT2D eigenvalue weighted by Crippen LogP contribution is -2.20. The lowest BCUT2D eigenvalue weighted by Gasteiger charge is -1.78. The van der Waals surface area contributed by atoms with Crippen LogP contribution in [0, 0.1) is 0 Å². The number of nitrogens with zero attached hydrogens (tertiary/aromatic N) is 1. The van der Waals surface area contributed by atoms with E-state index in [2.05, 4.69) is 10.3 Å². The molecule has 0 radical (unpaired) electrons. The summed E-state index contributed by atoms with van der Waals surface area (Å²) in [5.74, 6) is -0.677. The van der Waals surface area contributed by atoms with E-state index >= 15 is 0 Å². The van der Waals surface area contributed by atoms with Gasteiger partial charge in [0, 0.05) is 0 Å². The summed E-state index contributed by atoms with van der Waals surface area (Å²) in [7, 11) is -2.51. The van der Waals surface area contributed by atoms with Gasteiger partial charge >= 0.3 is 0 Å². The highest BCUT2D eigenvalue weighted by molar-refractivity contribution is 7.74. The normalized spacial score (nSPS) is 12.8. The van der Waals surface area contributed by atoms with Gasteiger partial charge in [0.25, 0.3) is 5.91 Å². The summed E-state index contributed by atoms with van der Waals surface area (Å²) in [6.07, 6.45) is 1.04. The van der Waals surface area contributed by atoms with Gasteiger partial charge in [-0.1, -0.05) is 36.4 Å². The molecule has 0 saturated carbocycles. The van der Waals surface area contributed by atoms with Crippen LogP contribution in [0.4, 0.5) is 0 Å². The van der Waals surface area contributed by atoms with Crippen molar-refractivity contribution in [1.29, 1.82) is 0 Å². The lowest BCUT2D eigenvalue weighted by molar-refractivity contribution is -0.113. The van der Waals surface area contributed by atoms with Crippen molar-refractivity contribution >= 4 is 27.5 Å². The van der Waals surface area contributed by atoms with Gasteiger partial charge in [-0.25, -0.2) is 4.99 Å². The van der Waals surface area contributed by atoms with E-state index in [-0.39, 0.29) is 0 Å². The number of carbonyl (C=O) groups is 1. The standard InChI is InChI=1S/C6H6.C3H2N2O3S/c1-2-4-6-5-3-1;6-2-3(9(7)8)5-1-4-2/h1-6H;1H,(H,4,5,6). The third-order valence-electron chi connectivity index (χ3n) is 1.40. The minimum Gasteiger partial charge on any atom is -0.310 e. The molecule has 1 aromatic carbocycles. The number of benzene rings is 1. The summed E-state index contributed by atoms with van der Waals surface area (Å²) in [5, 5.41) is 2.09. The van der Waals surface area contributed by atoms with Crippen LogP contribution in [0.3, 0.4) is 0 Å². The second-order valence-electron chi connectivity index (χ2n) is 2.43. The van der Waals surface area contributed by atoms with Crippen molar-refractivity contribution < 1.29 is 13.2 Å². The first kappa shape index (κ1) is 11.1. The molecule has 0 aliphatic carbocycles. The third kappa shape index (κ3) is 3.74. The largest absolute Gasteiger partial charge is 0.310 e. The van der Waals surface area contributed by atoms with Gasteiger partial charge in [-0.2, -0.15) is 8.42 Å². The Morgan fingerprint density at radius 2 is 1.47 bits per heavy atom. The molecule has 0 fully saturated rings. The molecule has 0 spiro atoms. The summed E-state index contributed by atoms with van der Waals surface area (Å²) < 4.78 is 20.0. The summed E-state index contributed by atoms with van der Waals surface area (Å²) in [5.41, 5.74) is 0. The van der Waals surface area contributed by atoms with Crippen molar-refractivity contribution in [1.82, 2.24) is 5.32 Å². The van der Waals surface area contributed by atoms with Crippen molar-refractivity contribution in [2.45, 2.75) is 0 Å². The van der Waals surface area contributed by atoms with E-state index in [1.807, 2.05) is 36.4 Å². The number of amides is 1. The number of hydrogen-bond donors (Lipinski definition) is 1. The minimum atomic E-state index is -2.51.